The van der Waals surface area contributed by atoms with Gasteiger partial charge in [-0.1, -0.05) is 20.8 Å². The Morgan fingerprint density at radius 3 is 2.57 bits per heavy atom. The quantitative estimate of drug-likeness (QED) is 0.604. The number of fused-ring (bicyclic) bond motifs is 5. The molecule has 5 heteroatoms. The number of esters is 1. The molecule has 172 valence electrons. The Bertz CT molecular complexity index is 655. The van der Waals surface area contributed by atoms with E-state index in [1.54, 1.807) is 0 Å². The number of hydrogen-bond donors (Lipinski definition) is 3. The van der Waals surface area contributed by atoms with Crippen LogP contribution in [0.15, 0.2) is 0 Å². The average Bonchev–Trinajstić information content (AvgIpc) is 3.06. The number of aliphatic hydroxyl groups is 2. The number of carbonyl (C=O) groups is 1. The number of hydrogen-bond acceptors (Lipinski definition) is 5. The van der Waals surface area contributed by atoms with E-state index in [0.717, 1.165) is 51.4 Å². The zero-order valence-electron chi connectivity index (χ0n) is 19.3. The van der Waals surface area contributed by atoms with Gasteiger partial charge in [0.1, 0.15) is 0 Å². The van der Waals surface area contributed by atoms with Gasteiger partial charge in [-0.05, 0) is 97.7 Å². The van der Waals surface area contributed by atoms with Gasteiger partial charge >= 0.3 is 5.97 Å². The van der Waals surface area contributed by atoms with Crippen LogP contribution in [0.1, 0.15) is 78.6 Å². The largest absolute Gasteiger partial charge is 0.469 e. The maximum Gasteiger partial charge on any atom is 0.305 e. The van der Waals surface area contributed by atoms with Crippen molar-refractivity contribution in [3.05, 3.63) is 0 Å². The van der Waals surface area contributed by atoms with Crippen LogP contribution in [0.4, 0.5) is 0 Å². The molecule has 4 N–H and O–H groups in total. The van der Waals surface area contributed by atoms with E-state index in [1.165, 1.54) is 7.11 Å². The van der Waals surface area contributed by atoms with Crippen LogP contribution in [0, 0.1) is 46.3 Å². The standard InChI is InChI=1S/C25H43NO4/c1-14(5-10-22(29)30-4)17-8-9-18-23-19(12-21(28)25(17,18)3)24(2)13-16(26)7-6-15(24)11-20(23)27/h14-21,23,27-28H,5-13,26H2,1-4H3/t14-,15+,16+,17-,18+,19+,20-,21+,23+,24+,25-/m1/s1. The summed E-state index contributed by atoms with van der Waals surface area (Å²) in [5.41, 5.74) is 6.37. The zero-order chi connectivity index (χ0) is 21.8. The van der Waals surface area contributed by atoms with Crippen molar-refractivity contribution in [2.45, 2.75) is 96.8 Å². The highest BCUT2D eigenvalue weighted by Gasteiger charge is 2.65. The number of rotatable bonds is 4. The summed E-state index contributed by atoms with van der Waals surface area (Å²) in [4.78, 5) is 11.7. The van der Waals surface area contributed by atoms with Crippen molar-refractivity contribution in [3.8, 4) is 0 Å². The summed E-state index contributed by atoms with van der Waals surface area (Å²) in [6.45, 7) is 6.91. The van der Waals surface area contributed by atoms with Crippen LogP contribution in [-0.4, -0.2) is 41.5 Å². The molecule has 0 aliphatic heterocycles. The molecule has 11 atom stereocenters. The van der Waals surface area contributed by atoms with Crippen LogP contribution in [0.5, 0.6) is 0 Å². The summed E-state index contributed by atoms with van der Waals surface area (Å²) in [6.07, 6.45) is 7.68. The van der Waals surface area contributed by atoms with Gasteiger partial charge in [0, 0.05) is 12.5 Å². The molecule has 0 aromatic rings. The first kappa shape index (κ1) is 22.5. The second-order valence-corrected chi connectivity index (χ2v) is 11.7. The lowest BCUT2D eigenvalue weighted by molar-refractivity contribution is -0.202. The molecule has 4 aliphatic rings. The number of ether oxygens (including phenoxy) is 1. The molecule has 0 radical (unpaired) electrons. The highest BCUT2D eigenvalue weighted by atomic mass is 16.5. The highest BCUT2D eigenvalue weighted by Crippen LogP contribution is 2.68. The van der Waals surface area contributed by atoms with Crippen molar-refractivity contribution in [2.24, 2.45) is 52.1 Å². The van der Waals surface area contributed by atoms with E-state index in [4.69, 9.17) is 10.5 Å². The SMILES string of the molecule is COC(=O)CC[C@@H](C)[C@H]1CC[C@H]2[C@@H]3[C@H](O)C[C@@H]4CC[C@H](N)C[C@]4(C)[C@H]3C[C@H](O)[C@]12C. The van der Waals surface area contributed by atoms with Gasteiger partial charge in [-0.2, -0.15) is 0 Å². The Hall–Kier alpha value is -0.650. The molecule has 30 heavy (non-hydrogen) atoms. The van der Waals surface area contributed by atoms with Crippen molar-refractivity contribution < 1.29 is 19.7 Å². The predicted octanol–water partition coefficient (Wildman–Crippen LogP) is 3.50. The molecule has 4 aliphatic carbocycles. The molecule has 0 saturated heterocycles. The minimum Gasteiger partial charge on any atom is -0.469 e. The topological polar surface area (TPSA) is 92.8 Å². The first-order valence-electron chi connectivity index (χ1n) is 12.3. The first-order valence-corrected chi connectivity index (χ1v) is 12.3. The molecule has 0 heterocycles. The van der Waals surface area contributed by atoms with E-state index >= 15 is 0 Å². The number of aliphatic hydroxyl groups excluding tert-OH is 2. The molecule has 0 bridgehead atoms. The van der Waals surface area contributed by atoms with Gasteiger partial charge in [0.15, 0.2) is 0 Å². The number of methoxy groups -OCH3 is 1. The van der Waals surface area contributed by atoms with E-state index in [9.17, 15) is 15.0 Å². The third-order valence-corrected chi connectivity index (χ3v) is 10.6. The second kappa shape index (κ2) is 8.04. The Balaban J connectivity index is 1.59. The summed E-state index contributed by atoms with van der Waals surface area (Å²) in [5.74, 6) is 2.09. The lowest BCUT2D eigenvalue weighted by Gasteiger charge is -2.63. The van der Waals surface area contributed by atoms with Crippen molar-refractivity contribution in [1.82, 2.24) is 0 Å². The van der Waals surface area contributed by atoms with Gasteiger partial charge in [-0.3, -0.25) is 4.79 Å². The second-order valence-electron chi connectivity index (χ2n) is 11.7. The van der Waals surface area contributed by atoms with Gasteiger partial charge < -0.3 is 20.7 Å². The summed E-state index contributed by atoms with van der Waals surface area (Å²) in [7, 11) is 1.44. The van der Waals surface area contributed by atoms with E-state index in [-0.39, 0.29) is 41.0 Å². The Morgan fingerprint density at radius 2 is 1.87 bits per heavy atom. The van der Waals surface area contributed by atoms with E-state index < -0.39 is 0 Å². The third-order valence-electron chi connectivity index (χ3n) is 10.6. The Morgan fingerprint density at radius 1 is 1.13 bits per heavy atom. The van der Waals surface area contributed by atoms with E-state index in [2.05, 4.69) is 20.8 Å². The summed E-state index contributed by atoms with van der Waals surface area (Å²) in [6, 6.07) is 0.252. The minimum absolute atomic E-state index is 0.137. The fourth-order valence-electron chi connectivity index (χ4n) is 8.95. The third kappa shape index (κ3) is 3.34. The average molecular weight is 422 g/mol. The Kier molecular flexibility index (Phi) is 6.04. The monoisotopic (exact) mass is 421 g/mol. The van der Waals surface area contributed by atoms with Gasteiger partial charge in [0.25, 0.3) is 0 Å². The smallest absolute Gasteiger partial charge is 0.305 e. The van der Waals surface area contributed by atoms with Gasteiger partial charge in [-0.25, -0.2) is 0 Å². The molecule has 0 amide bonds. The molecule has 0 unspecified atom stereocenters. The normalized spacial score (nSPS) is 51.4. The molecule has 5 nitrogen and oxygen atoms in total. The van der Waals surface area contributed by atoms with Gasteiger partial charge in [0.05, 0.1) is 19.3 Å². The lowest BCUT2D eigenvalue weighted by Crippen LogP contribution is -2.63. The van der Waals surface area contributed by atoms with Crippen LogP contribution in [0.2, 0.25) is 0 Å². The fourth-order valence-corrected chi connectivity index (χ4v) is 8.95. The molecular weight excluding hydrogens is 378 g/mol. The fraction of sp³-hybridized carbons (Fsp3) is 0.960. The van der Waals surface area contributed by atoms with Gasteiger partial charge in [-0.15, -0.1) is 0 Å². The minimum atomic E-state index is -0.349. The summed E-state index contributed by atoms with van der Waals surface area (Å²) < 4.78 is 4.84. The molecule has 0 aromatic carbocycles. The maximum atomic E-state index is 11.7. The molecule has 0 aromatic heterocycles. The summed E-state index contributed by atoms with van der Waals surface area (Å²) in [5, 5.41) is 22.9. The summed E-state index contributed by atoms with van der Waals surface area (Å²) >= 11 is 0. The van der Waals surface area contributed by atoms with Crippen LogP contribution in [0.25, 0.3) is 0 Å². The van der Waals surface area contributed by atoms with Crippen molar-refractivity contribution >= 4 is 5.97 Å². The van der Waals surface area contributed by atoms with Gasteiger partial charge in [0.2, 0.25) is 0 Å². The van der Waals surface area contributed by atoms with Crippen molar-refractivity contribution in [2.75, 3.05) is 7.11 Å². The Labute approximate surface area is 182 Å². The number of nitrogens with two attached hydrogens (primary N) is 1. The maximum absolute atomic E-state index is 11.7. The zero-order valence-corrected chi connectivity index (χ0v) is 19.3. The predicted molar refractivity (Wildman–Crippen MR) is 116 cm³/mol. The molecule has 4 rings (SSSR count). The van der Waals surface area contributed by atoms with Crippen LogP contribution < -0.4 is 5.73 Å². The first-order chi connectivity index (χ1) is 14.1. The highest BCUT2D eigenvalue weighted by molar-refractivity contribution is 5.69. The molecule has 0 spiro atoms. The van der Waals surface area contributed by atoms with Crippen LogP contribution in [-0.2, 0) is 9.53 Å². The van der Waals surface area contributed by atoms with Crippen LogP contribution in [0.3, 0.4) is 0 Å². The van der Waals surface area contributed by atoms with Crippen LogP contribution >= 0.6 is 0 Å². The van der Waals surface area contributed by atoms with Crippen molar-refractivity contribution in [1.29, 1.82) is 0 Å². The molecular formula is C25H43NO4. The molecule has 4 saturated carbocycles. The van der Waals surface area contributed by atoms with E-state index in [1.807, 2.05) is 0 Å². The number of carbonyl (C=O) groups excluding carboxylic acids is 1. The molecule has 4 fully saturated rings. The van der Waals surface area contributed by atoms with E-state index in [0.29, 0.717) is 36.0 Å². The lowest BCUT2D eigenvalue weighted by atomic mass is 9.43. The van der Waals surface area contributed by atoms with Crippen molar-refractivity contribution in [3.63, 3.8) is 0 Å².